The Labute approximate surface area is 127 Å². The molecule has 2 atom stereocenters. The van der Waals surface area contributed by atoms with E-state index in [4.69, 9.17) is 4.43 Å². The van der Waals surface area contributed by atoms with E-state index >= 15 is 0 Å². The molecular weight excluding hydrogens is 264 g/mol. The normalized spacial score (nSPS) is 15.6. The highest BCUT2D eigenvalue weighted by molar-refractivity contribution is 6.77. The van der Waals surface area contributed by atoms with E-state index in [-0.39, 0.29) is 5.92 Å². The number of hydrogen-bond donors (Lipinski definition) is 1. The molecule has 1 N–H and O–H groups in total. The van der Waals surface area contributed by atoms with Crippen LogP contribution in [0.4, 0.5) is 0 Å². The molecule has 3 heteroatoms. The second kappa shape index (κ2) is 8.04. The van der Waals surface area contributed by atoms with Crippen LogP contribution in [0.3, 0.4) is 0 Å². The zero-order valence-corrected chi connectivity index (χ0v) is 15.4. The number of hydrogen-bond acceptors (Lipinski definition) is 2. The van der Waals surface area contributed by atoms with E-state index in [9.17, 15) is 5.11 Å². The molecule has 0 bridgehead atoms. The van der Waals surface area contributed by atoms with Gasteiger partial charge in [0.15, 0.2) is 0 Å². The lowest BCUT2D eigenvalue weighted by Crippen LogP contribution is -2.48. The van der Waals surface area contributed by atoms with Gasteiger partial charge in [-0.05, 0) is 29.0 Å². The van der Waals surface area contributed by atoms with E-state index in [0.29, 0.717) is 28.8 Å². The molecule has 0 aromatic carbocycles. The summed E-state index contributed by atoms with van der Waals surface area (Å²) in [5.74, 6) is 0.806. The summed E-state index contributed by atoms with van der Waals surface area (Å²) in [6.45, 7) is 23.2. The van der Waals surface area contributed by atoms with E-state index in [1.54, 1.807) is 0 Å². The van der Waals surface area contributed by atoms with Crippen LogP contribution in [0.25, 0.3) is 0 Å². The van der Waals surface area contributed by atoms with E-state index < -0.39 is 14.4 Å². The van der Waals surface area contributed by atoms with Crippen molar-refractivity contribution in [3.05, 3.63) is 25.0 Å². The molecule has 0 aromatic rings. The predicted molar refractivity (Wildman–Crippen MR) is 91.3 cm³/mol. The molecule has 0 amide bonds. The Balaban J connectivity index is 5.08. The average Bonchev–Trinajstić information content (AvgIpc) is 2.33. The van der Waals surface area contributed by atoms with Crippen molar-refractivity contribution >= 4 is 8.32 Å². The second-order valence-corrected chi connectivity index (χ2v) is 12.2. The summed E-state index contributed by atoms with van der Waals surface area (Å²) >= 11 is 0. The third-order valence-corrected chi connectivity index (χ3v) is 10.4. The van der Waals surface area contributed by atoms with Gasteiger partial charge < -0.3 is 9.53 Å². The second-order valence-electron chi connectivity index (χ2n) is 6.85. The van der Waals surface area contributed by atoms with E-state index in [0.717, 1.165) is 0 Å². The van der Waals surface area contributed by atoms with Gasteiger partial charge in [0.2, 0.25) is 0 Å². The lowest BCUT2D eigenvalue weighted by atomic mass is 10.0. The van der Waals surface area contributed by atoms with Crippen LogP contribution in [0, 0.1) is 5.92 Å². The van der Waals surface area contributed by atoms with Crippen molar-refractivity contribution in [1.29, 1.82) is 0 Å². The number of aliphatic hydroxyl groups is 1. The molecule has 0 aliphatic rings. The first-order valence-corrected chi connectivity index (χ1v) is 9.91. The molecular formula is C17H34O2Si. The van der Waals surface area contributed by atoms with Crippen LogP contribution < -0.4 is 0 Å². The first-order valence-electron chi connectivity index (χ1n) is 7.77. The number of allylic oxidation sites excluding steroid dienone is 1. The van der Waals surface area contributed by atoms with Crippen molar-refractivity contribution in [2.45, 2.75) is 77.6 Å². The standard InChI is InChI=1S/C17H34O2Si/c1-10-15(8)11-17(18)16(9)19-20(12(2)3,13(4)5)14(6)7/h10,12-15,17-18H,1,9,11H2,2-8H3/t15-,17+/m0/s1. The monoisotopic (exact) mass is 298 g/mol. The van der Waals surface area contributed by atoms with Gasteiger partial charge in [-0.3, -0.25) is 0 Å². The molecule has 118 valence electrons. The molecule has 0 saturated heterocycles. The van der Waals surface area contributed by atoms with Gasteiger partial charge in [-0.25, -0.2) is 0 Å². The minimum Gasteiger partial charge on any atom is -0.544 e. The van der Waals surface area contributed by atoms with Gasteiger partial charge in [-0.2, -0.15) is 0 Å². The third-order valence-electron chi connectivity index (χ3n) is 4.38. The summed E-state index contributed by atoms with van der Waals surface area (Å²) in [5.41, 5.74) is 1.47. The predicted octanol–water partition coefficient (Wildman–Crippen LogP) is 5.27. The smallest absolute Gasteiger partial charge is 0.258 e. The molecule has 0 fully saturated rings. The van der Waals surface area contributed by atoms with Crippen molar-refractivity contribution in [2.24, 2.45) is 5.92 Å². The fourth-order valence-corrected chi connectivity index (χ4v) is 8.53. The highest BCUT2D eigenvalue weighted by Gasteiger charge is 2.47. The van der Waals surface area contributed by atoms with Gasteiger partial charge in [0.25, 0.3) is 8.32 Å². The fraction of sp³-hybridized carbons (Fsp3) is 0.765. The summed E-state index contributed by atoms with van der Waals surface area (Å²) in [4.78, 5) is 0. The van der Waals surface area contributed by atoms with Gasteiger partial charge in [0.1, 0.15) is 11.9 Å². The Hall–Kier alpha value is -0.543. The Morgan fingerprint density at radius 2 is 1.45 bits per heavy atom. The zero-order valence-electron chi connectivity index (χ0n) is 14.4. The first-order chi connectivity index (χ1) is 9.09. The summed E-state index contributed by atoms with van der Waals surface area (Å²) < 4.78 is 6.39. The summed E-state index contributed by atoms with van der Waals surface area (Å²) in [6, 6.07) is 0. The minimum atomic E-state index is -2.00. The Morgan fingerprint density at radius 3 is 1.75 bits per heavy atom. The molecule has 0 heterocycles. The molecule has 0 rings (SSSR count). The first kappa shape index (κ1) is 19.5. The van der Waals surface area contributed by atoms with E-state index in [1.807, 2.05) is 13.0 Å². The van der Waals surface area contributed by atoms with E-state index in [2.05, 4.69) is 54.7 Å². The lowest BCUT2D eigenvalue weighted by Gasteiger charge is -2.43. The van der Waals surface area contributed by atoms with Crippen molar-refractivity contribution in [3.8, 4) is 0 Å². The number of aliphatic hydroxyl groups excluding tert-OH is 1. The molecule has 0 saturated carbocycles. The highest BCUT2D eigenvalue weighted by Crippen LogP contribution is 2.43. The average molecular weight is 299 g/mol. The van der Waals surface area contributed by atoms with Gasteiger partial charge in [0, 0.05) is 0 Å². The van der Waals surface area contributed by atoms with Gasteiger partial charge >= 0.3 is 0 Å². The SMILES string of the molecule is C=C[C@H](C)C[C@@H](O)C(=C)O[Si](C(C)C)(C(C)C)C(C)C. The number of rotatable bonds is 9. The van der Waals surface area contributed by atoms with Crippen LogP contribution >= 0.6 is 0 Å². The quantitative estimate of drug-likeness (QED) is 0.357. The largest absolute Gasteiger partial charge is 0.544 e. The zero-order chi connectivity index (χ0) is 16.1. The van der Waals surface area contributed by atoms with Crippen LogP contribution in [0.5, 0.6) is 0 Å². The molecule has 20 heavy (non-hydrogen) atoms. The summed E-state index contributed by atoms with van der Waals surface area (Å²) in [5, 5.41) is 10.3. The Bertz CT molecular complexity index is 299. The summed E-state index contributed by atoms with van der Waals surface area (Å²) in [6.07, 6.45) is 1.88. The maximum atomic E-state index is 10.3. The molecule has 0 aliphatic carbocycles. The Kier molecular flexibility index (Phi) is 7.82. The molecule has 0 aliphatic heterocycles. The van der Waals surface area contributed by atoms with Crippen LogP contribution in [0.2, 0.25) is 16.6 Å². The van der Waals surface area contributed by atoms with E-state index in [1.165, 1.54) is 0 Å². The van der Waals surface area contributed by atoms with Gasteiger partial charge in [-0.15, -0.1) is 6.58 Å². The van der Waals surface area contributed by atoms with Crippen molar-refractivity contribution in [3.63, 3.8) is 0 Å². The minimum absolute atomic E-state index is 0.263. The molecule has 0 unspecified atom stereocenters. The maximum Gasteiger partial charge on any atom is 0.258 e. The lowest BCUT2D eigenvalue weighted by molar-refractivity contribution is 0.137. The third kappa shape index (κ3) is 4.49. The van der Waals surface area contributed by atoms with Crippen LogP contribution in [-0.4, -0.2) is 19.5 Å². The van der Waals surface area contributed by atoms with Crippen molar-refractivity contribution < 1.29 is 9.53 Å². The summed E-state index contributed by atoms with van der Waals surface area (Å²) in [7, 11) is -2.00. The molecule has 0 aromatic heterocycles. The van der Waals surface area contributed by atoms with Gasteiger partial charge in [-0.1, -0.05) is 61.1 Å². The van der Waals surface area contributed by atoms with Crippen molar-refractivity contribution in [1.82, 2.24) is 0 Å². The van der Waals surface area contributed by atoms with Crippen LogP contribution in [-0.2, 0) is 4.43 Å². The molecule has 0 radical (unpaired) electrons. The molecule has 0 spiro atoms. The van der Waals surface area contributed by atoms with Crippen LogP contribution in [0.1, 0.15) is 54.9 Å². The Morgan fingerprint density at radius 1 is 1.05 bits per heavy atom. The maximum absolute atomic E-state index is 10.3. The molecule has 2 nitrogen and oxygen atoms in total. The fourth-order valence-electron chi connectivity index (χ4n) is 3.23. The topological polar surface area (TPSA) is 29.5 Å². The highest BCUT2D eigenvalue weighted by atomic mass is 28.4. The van der Waals surface area contributed by atoms with Crippen LogP contribution in [0.15, 0.2) is 25.0 Å². The van der Waals surface area contributed by atoms with Gasteiger partial charge in [0.05, 0.1) is 0 Å². The van der Waals surface area contributed by atoms with Crippen molar-refractivity contribution in [2.75, 3.05) is 0 Å².